The summed E-state index contributed by atoms with van der Waals surface area (Å²) in [5, 5.41) is 0. The Morgan fingerprint density at radius 3 is 2.57 bits per heavy atom. The summed E-state index contributed by atoms with van der Waals surface area (Å²) in [4.78, 5) is 36.9. The lowest BCUT2D eigenvalue weighted by atomic mass is 9.95. The van der Waals surface area contributed by atoms with Crippen LogP contribution in [-0.4, -0.2) is 69.0 Å². The molecule has 1 atom stereocenters. The number of nitrogens with zero attached hydrogens (tertiary/aromatic N) is 4. The number of methoxy groups -OCH3 is 1. The third kappa shape index (κ3) is 5.76. The second-order valence-corrected chi connectivity index (χ2v) is 11.5. The molecule has 42 heavy (non-hydrogen) atoms. The Hall–Kier alpha value is -3.83. The van der Waals surface area contributed by atoms with Gasteiger partial charge in [0.2, 0.25) is 0 Å². The van der Waals surface area contributed by atoms with Gasteiger partial charge in [0.05, 0.1) is 42.2 Å². The molecule has 2 aliphatic rings. The van der Waals surface area contributed by atoms with Gasteiger partial charge in [0.1, 0.15) is 5.76 Å². The lowest BCUT2D eigenvalue weighted by Crippen LogP contribution is -2.41. The van der Waals surface area contributed by atoms with E-state index in [0.717, 1.165) is 31.8 Å². The maximum Gasteiger partial charge on any atom is 0.338 e. The minimum atomic E-state index is -0.752. The Morgan fingerprint density at radius 2 is 1.90 bits per heavy atom. The Bertz CT molecular complexity index is 1660. The lowest BCUT2D eigenvalue weighted by molar-refractivity contribution is -0.139. The quantitative estimate of drug-likeness (QED) is 0.348. The fourth-order valence-corrected chi connectivity index (χ4v) is 6.59. The van der Waals surface area contributed by atoms with Gasteiger partial charge < -0.3 is 28.4 Å². The molecule has 1 fully saturated rings. The molecule has 1 saturated heterocycles. The summed E-state index contributed by atoms with van der Waals surface area (Å²) in [5.74, 6) is 1.96. The molecule has 0 spiro atoms. The third-order valence-electron chi connectivity index (χ3n) is 7.71. The van der Waals surface area contributed by atoms with E-state index in [2.05, 4.69) is 28.9 Å². The summed E-state index contributed by atoms with van der Waals surface area (Å²) in [7, 11) is 5.81. The minimum Gasteiger partial charge on any atom is -0.493 e. The first-order valence-corrected chi connectivity index (χ1v) is 15.1. The van der Waals surface area contributed by atoms with Gasteiger partial charge in [-0.15, -0.1) is 0 Å². The molecule has 2 aliphatic heterocycles. The second kappa shape index (κ2) is 12.6. The molecule has 1 aromatic carbocycles. The molecule has 10 nitrogen and oxygen atoms in total. The molecule has 0 unspecified atom stereocenters. The number of fused-ring (bicyclic) bond motifs is 1. The number of anilines is 1. The van der Waals surface area contributed by atoms with Crippen molar-refractivity contribution in [2.45, 2.75) is 45.7 Å². The van der Waals surface area contributed by atoms with Crippen LogP contribution >= 0.6 is 11.3 Å². The van der Waals surface area contributed by atoms with Crippen LogP contribution in [0, 0.1) is 0 Å². The predicted octanol–water partition coefficient (Wildman–Crippen LogP) is 3.33. The van der Waals surface area contributed by atoms with E-state index in [4.69, 9.17) is 18.6 Å². The Labute approximate surface area is 249 Å². The largest absolute Gasteiger partial charge is 0.493 e. The van der Waals surface area contributed by atoms with Gasteiger partial charge in [-0.05, 0) is 71.5 Å². The fraction of sp³-hybridized carbons (Fsp3) is 0.452. The zero-order valence-electron chi connectivity index (χ0n) is 25.0. The van der Waals surface area contributed by atoms with Crippen LogP contribution in [0.15, 0.2) is 55.8 Å². The van der Waals surface area contributed by atoms with Gasteiger partial charge in [0.15, 0.2) is 22.2 Å². The molecule has 0 N–H and O–H groups in total. The first-order chi connectivity index (χ1) is 20.2. The maximum absolute atomic E-state index is 14.0. The van der Waals surface area contributed by atoms with E-state index in [-0.39, 0.29) is 12.2 Å². The van der Waals surface area contributed by atoms with Crippen molar-refractivity contribution >= 4 is 29.3 Å². The van der Waals surface area contributed by atoms with Gasteiger partial charge in [0.25, 0.3) is 5.56 Å². The van der Waals surface area contributed by atoms with Crippen molar-refractivity contribution in [1.82, 2.24) is 9.47 Å². The zero-order valence-corrected chi connectivity index (χ0v) is 25.8. The number of piperidine rings is 1. The van der Waals surface area contributed by atoms with Gasteiger partial charge >= 0.3 is 5.97 Å². The molecule has 3 aromatic rings. The summed E-state index contributed by atoms with van der Waals surface area (Å²) < 4.78 is 24.9. The van der Waals surface area contributed by atoms with Crippen LogP contribution in [0.4, 0.5) is 5.88 Å². The average molecular weight is 595 g/mol. The predicted molar refractivity (Wildman–Crippen MR) is 162 cm³/mol. The summed E-state index contributed by atoms with van der Waals surface area (Å²) in [6.45, 7) is 7.87. The molecular weight excluding hydrogens is 556 g/mol. The van der Waals surface area contributed by atoms with E-state index < -0.39 is 12.0 Å². The minimum absolute atomic E-state index is 0.202. The highest BCUT2D eigenvalue weighted by Crippen LogP contribution is 2.36. The van der Waals surface area contributed by atoms with Crippen LogP contribution in [0.25, 0.3) is 6.08 Å². The van der Waals surface area contributed by atoms with E-state index >= 15 is 0 Å². The standard InChI is InChI=1S/C31H38N4O6S/c1-7-39-24-17-20(9-11-23(24)38-6)28-27(30(37)40-8-2)19(3)32-31-35(28)29(36)25(42-31)18-22-10-12-26(41-22)34-15-13-21(14-16-34)33(4)5/h9-12,17-18,21,28H,7-8,13-16H2,1-6H3/b25-18-/t28-/m1/s1. The topological polar surface area (TPSA) is 98.7 Å². The molecule has 0 aliphatic carbocycles. The molecule has 224 valence electrons. The van der Waals surface area contributed by atoms with Crippen molar-refractivity contribution in [3.63, 3.8) is 0 Å². The molecule has 2 aromatic heterocycles. The summed E-state index contributed by atoms with van der Waals surface area (Å²) in [6.07, 6.45) is 3.89. The number of aromatic nitrogens is 1. The molecule has 0 amide bonds. The molecule has 4 heterocycles. The molecule has 0 radical (unpaired) electrons. The number of benzene rings is 1. The highest BCUT2D eigenvalue weighted by Gasteiger charge is 2.34. The second-order valence-electron chi connectivity index (χ2n) is 10.5. The molecule has 0 bridgehead atoms. The van der Waals surface area contributed by atoms with Crippen molar-refractivity contribution in [3.8, 4) is 11.5 Å². The summed E-state index contributed by atoms with van der Waals surface area (Å²) in [6, 6.07) is 9.08. The van der Waals surface area contributed by atoms with Crippen molar-refractivity contribution < 1.29 is 23.4 Å². The van der Waals surface area contributed by atoms with Crippen LogP contribution < -0.4 is 29.3 Å². The van der Waals surface area contributed by atoms with Crippen LogP contribution in [-0.2, 0) is 9.53 Å². The Morgan fingerprint density at radius 1 is 1.14 bits per heavy atom. The monoisotopic (exact) mass is 594 g/mol. The number of hydrogen-bond donors (Lipinski definition) is 0. The van der Waals surface area contributed by atoms with Gasteiger partial charge in [-0.25, -0.2) is 9.79 Å². The van der Waals surface area contributed by atoms with Crippen molar-refractivity contribution in [2.24, 2.45) is 4.99 Å². The average Bonchev–Trinajstić information content (AvgIpc) is 3.56. The normalized spacial score (nSPS) is 17.8. The van der Waals surface area contributed by atoms with Crippen molar-refractivity contribution in [3.05, 3.63) is 72.6 Å². The number of esters is 1. The van der Waals surface area contributed by atoms with Crippen molar-refractivity contribution in [2.75, 3.05) is 52.4 Å². The van der Waals surface area contributed by atoms with E-state index in [1.165, 1.54) is 11.3 Å². The van der Waals surface area contributed by atoms with Gasteiger partial charge in [-0.1, -0.05) is 17.4 Å². The SMILES string of the molecule is CCOC(=O)C1=C(C)N=c2s/c(=C\c3ccc(N4CCC(N(C)C)CC4)o3)c(=O)n2[C@@H]1c1ccc(OC)c(OCC)c1. The lowest BCUT2D eigenvalue weighted by Gasteiger charge is -2.35. The van der Waals surface area contributed by atoms with E-state index in [1.807, 2.05) is 25.1 Å². The molecular formula is C31H38N4O6S. The van der Waals surface area contributed by atoms with Gasteiger partial charge in [-0.2, -0.15) is 0 Å². The number of carbonyl (C=O) groups is 1. The molecule has 11 heteroatoms. The smallest absolute Gasteiger partial charge is 0.338 e. The number of ether oxygens (including phenoxy) is 3. The van der Waals surface area contributed by atoms with Crippen LogP contribution in [0.3, 0.4) is 0 Å². The molecule has 0 saturated carbocycles. The van der Waals surface area contributed by atoms with Crippen LogP contribution in [0.5, 0.6) is 11.5 Å². The summed E-state index contributed by atoms with van der Waals surface area (Å²) >= 11 is 1.26. The number of thiazole rings is 1. The highest BCUT2D eigenvalue weighted by atomic mass is 32.1. The first kappa shape index (κ1) is 29.7. The first-order valence-electron chi connectivity index (χ1n) is 14.3. The van der Waals surface area contributed by atoms with Gasteiger partial charge in [0, 0.05) is 31.3 Å². The number of carbonyl (C=O) groups excluding carboxylic acids is 1. The third-order valence-corrected chi connectivity index (χ3v) is 8.70. The van der Waals surface area contributed by atoms with E-state index in [1.54, 1.807) is 43.7 Å². The number of allylic oxidation sites excluding steroid dienone is 1. The number of hydrogen-bond acceptors (Lipinski definition) is 10. The van der Waals surface area contributed by atoms with Crippen LogP contribution in [0.1, 0.15) is 51.0 Å². The Kier molecular flexibility index (Phi) is 8.88. The number of furan rings is 1. The zero-order chi connectivity index (χ0) is 30.0. The Balaban J connectivity index is 1.56. The fourth-order valence-electron chi connectivity index (χ4n) is 5.56. The van der Waals surface area contributed by atoms with Crippen molar-refractivity contribution in [1.29, 1.82) is 0 Å². The summed E-state index contributed by atoms with van der Waals surface area (Å²) in [5.41, 5.74) is 1.23. The van der Waals surface area contributed by atoms with E-state index in [0.29, 0.717) is 56.1 Å². The van der Waals surface area contributed by atoms with Crippen LogP contribution in [0.2, 0.25) is 0 Å². The number of rotatable bonds is 9. The molecule has 5 rings (SSSR count). The maximum atomic E-state index is 14.0. The highest BCUT2D eigenvalue weighted by molar-refractivity contribution is 7.07. The van der Waals surface area contributed by atoms with Gasteiger partial charge in [-0.3, -0.25) is 9.36 Å². The van der Waals surface area contributed by atoms with E-state index in [9.17, 15) is 9.59 Å².